The molecule has 0 N–H and O–H groups in total. The van der Waals surface area contributed by atoms with Crippen molar-refractivity contribution < 1.29 is 28.6 Å². The van der Waals surface area contributed by atoms with E-state index in [0.717, 1.165) is 83.5 Å². The fourth-order valence-electron chi connectivity index (χ4n) is 8.75. The molecule has 420 valence electrons. The molecule has 0 aliphatic rings. The van der Waals surface area contributed by atoms with Crippen molar-refractivity contribution in [3.63, 3.8) is 0 Å². The highest BCUT2D eigenvalue weighted by Crippen LogP contribution is 2.16. The molecule has 0 amide bonds. The summed E-state index contributed by atoms with van der Waals surface area (Å²) in [5.74, 6) is -0.949. The molecular weight excluding hydrogens is 901 g/mol. The number of ether oxygens (including phenoxy) is 3. The third kappa shape index (κ3) is 59.3. The summed E-state index contributed by atoms with van der Waals surface area (Å²) in [5, 5.41) is 0. The van der Waals surface area contributed by atoms with Crippen LogP contribution in [0.5, 0.6) is 0 Å². The Balaban J connectivity index is 4.19. The molecular formula is C67H116O6. The lowest BCUT2D eigenvalue weighted by Crippen LogP contribution is -2.30. The van der Waals surface area contributed by atoms with Gasteiger partial charge >= 0.3 is 17.9 Å². The van der Waals surface area contributed by atoms with Gasteiger partial charge in [0.2, 0.25) is 0 Å². The van der Waals surface area contributed by atoms with Crippen LogP contribution in [0.15, 0.2) is 85.1 Å². The highest BCUT2D eigenvalue weighted by atomic mass is 16.6. The third-order valence-corrected chi connectivity index (χ3v) is 13.4. The van der Waals surface area contributed by atoms with Gasteiger partial charge in [0, 0.05) is 19.3 Å². The molecule has 0 bridgehead atoms. The molecule has 73 heavy (non-hydrogen) atoms. The van der Waals surface area contributed by atoms with Crippen molar-refractivity contribution in [3.8, 4) is 0 Å². The molecule has 0 rings (SSSR count). The number of carbonyl (C=O) groups is 3. The summed E-state index contributed by atoms with van der Waals surface area (Å²) in [6, 6.07) is 0. The molecule has 6 heteroatoms. The summed E-state index contributed by atoms with van der Waals surface area (Å²) in [6.07, 6.45) is 80.5. The van der Waals surface area contributed by atoms with Gasteiger partial charge in [-0.05, 0) is 89.9 Å². The van der Waals surface area contributed by atoms with Crippen LogP contribution in [0.3, 0.4) is 0 Å². The van der Waals surface area contributed by atoms with E-state index in [1.54, 1.807) is 0 Å². The first-order chi connectivity index (χ1) is 36.0. The van der Waals surface area contributed by atoms with E-state index in [2.05, 4.69) is 106 Å². The van der Waals surface area contributed by atoms with Crippen molar-refractivity contribution >= 4 is 17.9 Å². The minimum Gasteiger partial charge on any atom is -0.462 e. The van der Waals surface area contributed by atoms with E-state index in [-0.39, 0.29) is 37.5 Å². The van der Waals surface area contributed by atoms with E-state index in [4.69, 9.17) is 14.2 Å². The Morgan fingerprint density at radius 1 is 0.288 bits per heavy atom. The summed E-state index contributed by atoms with van der Waals surface area (Å²) < 4.78 is 16.8. The van der Waals surface area contributed by atoms with Gasteiger partial charge in [-0.3, -0.25) is 14.4 Å². The molecule has 0 spiro atoms. The Bertz CT molecular complexity index is 1400. The van der Waals surface area contributed by atoms with Crippen molar-refractivity contribution in [2.45, 2.75) is 309 Å². The molecule has 0 aromatic heterocycles. The summed E-state index contributed by atoms with van der Waals surface area (Å²) in [6.45, 7) is 6.47. The van der Waals surface area contributed by atoms with Gasteiger partial charge in [0.1, 0.15) is 13.2 Å². The third-order valence-electron chi connectivity index (χ3n) is 13.4. The van der Waals surface area contributed by atoms with Gasteiger partial charge in [-0.25, -0.2) is 0 Å². The van der Waals surface area contributed by atoms with Gasteiger partial charge in [-0.1, -0.05) is 279 Å². The lowest BCUT2D eigenvalue weighted by molar-refractivity contribution is -0.167. The molecule has 1 atom stereocenters. The Kier molecular flexibility index (Phi) is 58.3. The molecule has 0 aliphatic carbocycles. The Hall–Kier alpha value is -3.41. The highest BCUT2D eigenvalue weighted by molar-refractivity contribution is 5.71. The van der Waals surface area contributed by atoms with E-state index >= 15 is 0 Å². The van der Waals surface area contributed by atoms with Crippen LogP contribution in [0.25, 0.3) is 0 Å². The monoisotopic (exact) mass is 1020 g/mol. The van der Waals surface area contributed by atoms with Crippen LogP contribution in [0.2, 0.25) is 0 Å². The minimum absolute atomic E-state index is 0.0963. The molecule has 0 aromatic carbocycles. The molecule has 0 saturated carbocycles. The van der Waals surface area contributed by atoms with Crippen LogP contribution in [0.4, 0.5) is 0 Å². The van der Waals surface area contributed by atoms with E-state index in [0.29, 0.717) is 19.3 Å². The van der Waals surface area contributed by atoms with Gasteiger partial charge in [-0.2, -0.15) is 0 Å². The summed E-state index contributed by atoms with van der Waals surface area (Å²) in [4.78, 5) is 38.1. The molecule has 0 saturated heterocycles. The number of rotatable bonds is 56. The average Bonchev–Trinajstić information content (AvgIpc) is 3.39. The fourth-order valence-corrected chi connectivity index (χ4v) is 8.75. The number of unbranched alkanes of at least 4 members (excludes halogenated alkanes) is 31. The van der Waals surface area contributed by atoms with E-state index in [1.807, 2.05) is 0 Å². The Labute approximate surface area is 452 Å². The number of allylic oxidation sites excluding steroid dienone is 14. The maximum absolute atomic E-state index is 12.8. The summed E-state index contributed by atoms with van der Waals surface area (Å²) in [7, 11) is 0. The first kappa shape index (κ1) is 69.6. The molecule has 1 unspecified atom stereocenters. The quantitative estimate of drug-likeness (QED) is 0.0261. The van der Waals surface area contributed by atoms with Crippen LogP contribution >= 0.6 is 0 Å². The van der Waals surface area contributed by atoms with Crippen molar-refractivity contribution in [2.75, 3.05) is 13.2 Å². The molecule has 0 fully saturated rings. The van der Waals surface area contributed by atoms with Crippen LogP contribution in [0.1, 0.15) is 303 Å². The molecule has 6 nitrogen and oxygen atoms in total. The first-order valence-corrected chi connectivity index (χ1v) is 31.1. The predicted octanol–water partition coefficient (Wildman–Crippen LogP) is 21.1. The zero-order valence-corrected chi connectivity index (χ0v) is 48.1. The number of hydrogen-bond acceptors (Lipinski definition) is 6. The number of esters is 3. The lowest BCUT2D eigenvalue weighted by Gasteiger charge is -2.18. The zero-order valence-electron chi connectivity index (χ0n) is 48.1. The van der Waals surface area contributed by atoms with Crippen molar-refractivity contribution in [2.24, 2.45) is 0 Å². The summed E-state index contributed by atoms with van der Waals surface area (Å²) >= 11 is 0. The van der Waals surface area contributed by atoms with Crippen molar-refractivity contribution in [1.82, 2.24) is 0 Å². The van der Waals surface area contributed by atoms with E-state index in [1.165, 1.54) is 173 Å². The zero-order chi connectivity index (χ0) is 52.9. The van der Waals surface area contributed by atoms with E-state index in [9.17, 15) is 14.4 Å². The maximum Gasteiger partial charge on any atom is 0.306 e. The van der Waals surface area contributed by atoms with Crippen molar-refractivity contribution in [3.05, 3.63) is 85.1 Å². The Morgan fingerprint density at radius 2 is 0.548 bits per heavy atom. The first-order valence-electron chi connectivity index (χ1n) is 31.1. The van der Waals surface area contributed by atoms with Crippen molar-refractivity contribution in [1.29, 1.82) is 0 Å². The maximum atomic E-state index is 12.8. The minimum atomic E-state index is -0.803. The average molecular weight is 1020 g/mol. The summed E-state index contributed by atoms with van der Waals surface area (Å²) in [5.41, 5.74) is 0. The molecule has 0 aliphatic heterocycles. The normalized spacial score (nSPS) is 12.6. The standard InChI is InChI=1S/C67H116O6/c1-4-7-10-13-16-19-21-23-25-27-28-29-30-31-32-33-34-35-36-37-38-40-41-43-45-48-51-54-57-60-66(69)72-63-64(62-71-65(68)59-56-53-50-47-18-15-12-9-6-3)73-67(70)61-58-55-52-49-46-44-42-39-26-24-22-20-17-14-11-8-5-2/h8,11,17,20-21,23-24,26-28,42,44,49,52,64H,4-7,9-10,12-16,18-19,22,25,29-41,43,45-48,50-51,53-63H2,1-3H3/b11-8-,20-17-,23-21-,26-24-,28-27-,44-42-,52-49-. The highest BCUT2D eigenvalue weighted by Gasteiger charge is 2.19. The number of hydrogen-bond donors (Lipinski definition) is 0. The van der Waals surface area contributed by atoms with Crippen LogP contribution < -0.4 is 0 Å². The Morgan fingerprint density at radius 3 is 0.877 bits per heavy atom. The second-order valence-corrected chi connectivity index (χ2v) is 20.6. The van der Waals surface area contributed by atoms with Crippen LogP contribution in [0, 0.1) is 0 Å². The molecule has 0 radical (unpaired) electrons. The van der Waals surface area contributed by atoms with Crippen LogP contribution in [-0.2, 0) is 28.6 Å². The van der Waals surface area contributed by atoms with E-state index < -0.39 is 6.10 Å². The van der Waals surface area contributed by atoms with Crippen LogP contribution in [-0.4, -0.2) is 37.2 Å². The number of carbonyl (C=O) groups excluding carboxylic acids is 3. The van der Waals surface area contributed by atoms with Gasteiger partial charge < -0.3 is 14.2 Å². The molecule has 0 aromatic rings. The molecule has 0 heterocycles. The topological polar surface area (TPSA) is 78.9 Å². The predicted molar refractivity (Wildman–Crippen MR) is 316 cm³/mol. The second kappa shape index (κ2) is 61.1. The van der Waals surface area contributed by atoms with Gasteiger partial charge in [0.25, 0.3) is 0 Å². The van der Waals surface area contributed by atoms with Gasteiger partial charge in [0.05, 0.1) is 0 Å². The largest absolute Gasteiger partial charge is 0.462 e. The lowest BCUT2D eigenvalue weighted by atomic mass is 10.0. The van der Waals surface area contributed by atoms with Gasteiger partial charge in [-0.15, -0.1) is 0 Å². The second-order valence-electron chi connectivity index (χ2n) is 20.6. The fraction of sp³-hybridized carbons (Fsp3) is 0.746. The van der Waals surface area contributed by atoms with Gasteiger partial charge in [0.15, 0.2) is 6.10 Å². The SMILES string of the molecule is CC/C=C\C/C=C\C/C=C\C/C=C\C/C=C\CCCC(=O)OC(COC(=O)CCCCCCCCCCC)COC(=O)CCCCCCCCCCCCCCCCCCC/C=C\C/C=C\CCCCCCC. The smallest absolute Gasteiger partial charge is 0.306 e.